The molecule has 3 heteroatoms. The third kappa shape index (κ3) is 3.21. The molecule has 0 aromatic rings. The van der Waals surface area contributed by atoms with Gasteiger partial charge in [-0.05, 0) is 64.8 Å². The summed E-state index contributed by atoms with van der Waals surface area (Å²) in [5, 5.41) is 3.54. The molecule has 0 aromatic heterocycles. The highest BCUT2D eigenvalue weighted by Gasteiger charge is 2.34. The molecule has 1 unspecified atom stereocenters. The molecule has 2 aliphatic heterocycles. The third-order valence-corrected chi connectivity index (χ3v) is 4.98. The minimum absolute atomic E-state index is 0.554. The second-order valence-corrected chi connectivity index (χ2v) is 6.23. The van der Waals surface area contributed by atoms with E-state index in [0.29, 0.717) is 5.41 Å². The van der Waals surface area contributed by atoms with Crippen LogP contribution in [0.4, 0.5) is 0 Å². The van der Waals surface area contributed by atoms with Crippen molar-refractivity contribution >= 4 is 0 Å². The summed E-state index contributed by atoms with van der Waals surface area (Å²) in [6.45, 7) is 8.62. The molecule has 0 saturated carbocycles. The predicted octanol–water partition coefficient (Wildman–Crippen LogP) is 1.40. The van der Waals surface area contributed by atoms with Gasteiger partial charge in [0.2, 0.25) is 0 Å². The Morgan fingerprint density at radius 3 is 2.59 bits per heavy atom. The topological polar surface area (TPSA) is 18.5 Å². The van der Waals surface area contributed by atoms with Crippen LogP contribution in [-0.2, 0) is 0 Å². The van der Waals surface area contributed by atoms with E-state index >= 15 is 0 Å². The molecule has 0 amide bonds. The molecule has 2 saturated heterocycles. The van der Waals surface area contributed by atoms with Gasteiger partial charge in [0, 0.05) is 19.1 Å². The highest BCUT2D eigenvalue weighted by Crippen LogP contribution is 2.31. The Labute approximate surface area is 107 Å². The number of nitrogens with one attached hydrogen (secondary N) is 1. The van der Waals surface area contributed by atoms with E-state index in [2.05, 4.69) is 36.1 Å². The van der Waals surface area contributed by atoms with Crippen LogP contribution in [0, 0.1) is 5.41 Å². The van der Waals surface area contributed by atoms with E-state index in [9.17, 15) is 0 Å². The van der Waals surface area contributed by atoms with Gasteiger partial charge in [0.05, 0.1) is 0 Å². The third-order valence-electron chi connectivity index (χ3n) is 4.98. The van der Waals surface area contributed by atoms with Crippen LogP contribution < -0.4 is 5.32 Å². The molecule has 3 nitrogen and oxygen atoms in total. The maximum atomic E-state index is 3.54. The standard InChI is InChI=1S/C14H29N3/c1-4-14(7-8-15-11-14)12-17(3)13-5-9-16(2)10-6-13/h13,15H,4-12H2,1-3H3. The number of likely N-dealkylation sites (tertiary alicyclic amines) is 1. The SMILES string of the molecule is CCC1(CN(C)C2CCN(C)CC2)CCNC1. The van der Waals surface area contributed by atoms with Crippen molar-refractivity contribution in [1.29, 1.82) is 0 Å². The molecule has 100 valence electrons. The summed E-state index contributed by atoms with van der Waals surface area (Å²) in [6, 6.07) is 0.815. The largest absolute Gasteiger partial charge is 0.316 e. The lowest BCUT2D eigenvalue weighted by atomic mass is 9.83. The molecule has 2 aliphatic rings. The predicted molar refractivity (Wildman–Crippen MR) is 73.4 cm³/mol. The Balaban J connectivity index is 1.85. The Hall–Kier alpha value is -0.120. The van der Waals surface area contributed by atoms with E-state index in [0.717, 1.165) is 6.04 Å². The minimum atomic E-state index is 0.554. The summed E-state index contributed by atoms with van der Waals surface area (Å²) in [4.78, 5) is 5.10. The zero-order valence-electron chi connectivity index (χ0n) is 11.8. The van der Waals surface area contributed by atoms with E-state index in [1.54, 1.807) is 0 Å². The molecule has 2 heterocycles. The first-order valence-electron chi connectivity index (χ1n) is 7.25. The van der Waals surface area contributed by atoms with Crippen LogP contribution in [0.15, 0.2) is 0 Å². The van der Waals surface area contributed by atoms with Crippen LogP contribution in [0.1, 0.15) is 32.6 Å². The highest BCUT2D eigenvalue weighted by molar-refractivity contribution is 4.90. The second-order valence-electron chi connectivity index (χ2n) is 6.23. The molecule has 0 spiro atoms. The Bertz CT molecular complexity index is 228. The highest BCUT2D eigenvalue weighted by atomic mass is 15.2. The smallest absolute Gasteiger partial charge is 0.0117 e. The average molecular weight is 239 g/mol. The normalized spacial score (nSPS) is 32.5. The van der Waals surface area contributed by atoms with E-state index < -0.39 is 0 Å². The van der Waals surface area contributed by atoms with Gasteiger partial charge in [0.1, 0.15) is 0 Å². The van der Waals surface area contributed by atoms with E-state index in [1.165, 1.54) is 58.4 Å². The maximum absolute atomic E-state index is 3.54. The summed E-state index contributed by atoms with van der Waals surface area (Å²) < 4.78 is 0. The van der Waals surface area contributed by atoms with Gasteiger partial charge in [-0.2, -0.15) is 0 Å². The van der Waals surface area contributed by atoms with Crippen LogP contribution in [0.25, 0.3) is 0 Å². The quantitative estimate of drug-likeness (QED) is 0.800. The van der Waals surface area contributed by atoms with Gasteiger partial charge in [0.25, 0.3) is 0 Å². The molecule has 0 radical (unpaired) electrons. The van der Waals surface area contributed by atoms with Crippen molar-refractivity contribution in [3.63, 3.8) is 0 Å². The lowest BCUT2D eigenvalue weighted by Gasteiger charge is -2.40. The van der Waals surface area contributed by atoms with Gasteiger partial charge >= 0.3 is 0 Å². The number of piperidine rings is 1. The van der Waals surface area contributed by atoms with Crippen molar-refractivity contribution in [2.24, 2.45) is 5.41 Å². The lowest BCUT2D eigenvalue weighted by Crippen LogP contribution is -2.46. The first-order valence-corrected chi connectivity index (χ1v) is 7.25. The van der Waals surface area contributed by atoms with Crippen LogP contribution >= 0.6 is 0 Å². The molecule has 0 bridgehead atoms. The number of nitrogens with zero attached hydrogens (tertiary/aromatic N) is 2. The first-order chi connectivity index (χ1) is 8.15. The average Bonchev–Trinajstić information content (AvgIpc) is 2.79. The molecular weight excluding hydrogens is 210 g/mol. The Morgan fingerprint density at radius 1 is 1.35 bits per heavy atom. The van der Waals surface area contributed by atoms with E-state index in [-0.39, 0.29) is 0 Å². The van der Waals surface area contributed by atoms with Crippen molar-refractivity contribution in [3.05, 3.63) is 0 Å². The van der Waals surface area contributed by atoms with Crippen LogP contribution in [0.5, 0.6) is 0 Å². The number of rotatable bonds is 4. The molecule has 2 fully saturated rings. The van der Waals surface area contributed by atoms with Crippen LogP contribution in [0.2, 0.25) is 0 Å². The van der Waals surface area contributed by atoms with Crippen LogP contribution in [0.3, 0.4) is 0 Å². The fourth-order valence-corrected chi connectivity index (χ4v) is 3.44. The van der Waals surface area contributed by atoms with Crippen molar-refractivity contribution in [2.45, 2.75) is 38.6 Å². The Morgan fingerprint density at radius 2 is 2.06 bits per heavy atom. The van der Waals surface area contributed by atoms with Crippen molar-refractivity contribution in [1.82, 2.24) is 15.1 Å². The lowest BCUT2D eigenvalue weighted by molar-refractivity contribution is 0.0979. The zero-order valence-corrected chi connectivity index (χ0v) is 11.8. The van der Waals surface area contributed by atoms with Crippen molar-refractivity contribution < 1.29 is 0 Å². The van der Waals surface area contributed by atoms with Gasteiger partial charge in [-0.15, -0.1) is 0 Å². The summed E-state index contributed by atoms with van der Waals surface area (Å²) >= 11 is 0. The zero-order chi connectivity index (χ0) is 12.3. The van der Waals surface area contributed by atoms with Crippen molar-refractivity contribution in [3.8, 4) is 0 Å². The van der Waals surface area contributed by atoms with Gasteiger partial charge < -0.3 is 15.1 Å². The molecular formula is C14H29N3. The fraction of sp³-hybridized carbons (Fsp3) is 1.00. The Kier molecular flexibility index (Phi) is 4.45. The van der Waals surface area contributed by atoms with Crippen molar-refractivity contribution in [2.75, 3.05) is 46.8 Å². The van der Waals surface area contributed by atoms with Gasteiger partial charge in [-0.3, -0.25) is 0 Å². The number of hydrogen-bond acceptors (Lipinski definition) is 3. The molecule has 1 N–H and O–H groups in total. The molecule has 1 atom stereocenters. The maximum Gasteiger partial charge on any atom is 0.0117 e. The van der Waals surface area contributed by atoms with Crippen LogP contribution in [-0.4, -0.2) is 62.7 Å². The van der Waals surface area contributed by atoms with E-state index in [4.69, 9.17) is 0 Å². The number of hydrogen-bond donors (Lipinski definition) is 1. The van der Waals surface area contributed by atoms with Gasteiger partial charge in [-0.1, -0.05) is 6.92 Å². The summed E-state index contributed by atoms with van der Waals surface area (Å²) in [7, 11) is 4.58. The fourth-order valence-electron chi connectivity index (χ4n) is 3.44. The molecule has 0 aliphatic carbocycles. The van der Waals surface area contributed by atoms with E-state index in [1.807, 2.05) is 0 Å². The first kappa shape index (κ1) is 13.3. The summed E-state index contributed by atoms with van der Waals surface area (Å²) in [5.41, 5.74) is 0.554. The summed E-state index contributed by atoms with van der Waals surface area (Å²) in [6.07, 6.45) is 5.37. The summed E-state index contributed by atoms with van der Waals surface area (Å²) in [5.74, 6) is 0. The monoisotopic (exact) mass is 239 g/mol. The minimum Gasteiger partial charge on any atom is -0.316 e. The van der Waals surface area contributed by atoms with Gasteiger partial charge in [0.15, 0.2) is 0 Å². The molecule has 0 aromatic carbocycles. The second kappa shape index (κ2) is 5.68. The van der Waals surface area contributed by atoms with Gasteiger partial charge in [-0.25, -0.2) is 0 Å². The molecule has 17 heavy (non-hydrogen) atoms. The molecule has 2 rings (SSSR count).